The standard InChI is InChI=1S/C21H32N2O4/c1-3-4-15-26-16-17-27-21(25)9-10-22-11-13-23(14-12-22)20-7-5-19(6-8-20)18(2)24/h5-8H,3-4,9-17H2,1-2H3. The van der Waals surface area contributed by atoms with Crippen molar-refractivity contribution in [1.82, 2.24) is 4.90 Å². The van der Waals surface area contributed by atoms with Gasteiger partial charge in [-0.2, -0.15) is 0 Å². The lowest BCUT2D eigenvalue weighted by Gasteiger charge is -2.36. The summed E-state index contributed by atoms with van der Waals surface area (Å²) in [4.78, 5) is 27.8. The van der Waals surface area contributed by atoms with Gasteiger partial charge in [-0.1, -0.05) is 13.3 Å². The van der Waals surface area contributed by atoms with Gasteiger partial charge in [-0.15, -0.1) is 0 Å². The molecule has 1 aliphatic heterocycles. The van der Waals surface area contributed by atoms with E-state index in [1.54, 1.807) is 6.92 Å². The van der Waals surface area contributed by atoms with Gasteiger partial charge in [-0.25, -0.2) is 0 Å². The molecule has 0 spiro atoms. The summed E-state index contributed by atoms with van der Waals surface area (Å²) in [6.07, 6.45) is 2.57. The second kappa shape index (κ2) is 11.7. The monoisotopic (exact) mass is 376 g/mol. The summed E-state index contributed by atoms with van der Waals surface area (Å²) in [6, 6.07) is 7.77. The molecule has 0 atom stereocenters. The first-order chi connectivity index (χ1) is 13.1. The third kappa shape index (κ3) is 7.69. The number of Topliss-reactive ketones (excluding diaryl/α,β-unsaturated/α-hetero) is 1. The zero-order valence-corrected chi connectivity index (χ0v) is 16.6. The van der Waals surface area contributed by atoms with Crippen LogP contribution in [-0.2, 0) is 14.3 Å². The van der Waals surface area contributed by atoms with Crippen molar-refractivity contribution in [2.75, 3.05) is 57.4 Å². The average molecular weight is 376 g/mol. The lowest BCUT2D eigenvalue weighted by Crippen LogP contribution is -2.47. The fraction of sp³-hybridized carbons (Fsp3) is 0.619. The molecule has 2 rings (SSSR count). The van der Waals surface area contributed by atoms with Gasteiger partial charge in [0.15, 0.2) is 5.78 Å². The number of benzene rings is 1. The molecular weight excluding hydrogens is 344 g/mol. The maximum atomic E-state index is 11.8. The van der Waals surface area contributed by atoms with Crippen molar-refractivity contribution in [3.05, 3.63) is 29.8 Å². The predicted molar refractivity (Wildman–Crippen MR) is 106 cm³/mol. The van der Waals surface area contributed by atoms with Crippen LogP contribution in [0.25, 0.3) is 0 Å². The SMILES string of the molecule is CCCCOCCOC(=O)CCN1CCN(c2ccc(C(C)=O)cc2)CC1. The van der Waals surface area contributed by atoms with E-state index < -0.39 is 0 Å². The molecule has 0 unspecified atom stereocenters. The zero-order valence-electron chi connectivity index (χ0n) is 16.6. The molecule has 1 aromatic carbocycles. The first-order valence-electron chi connectivity index (χ1n) is 9.92. The second-order valence-corrected chi connectivity index (χ2v) is 6.87. The molecule has 1 fully saturated rings. The van der Waals surface area contributed by atoms with Crippen molar-refractivity contribution < 1.29 is 19.1 Å². The van der Waals surface area contributed by atoms with Crippen molar-refractivity contribution in [1.29, 1.82) is 0 Å². The predicted octanol–water partition coefficient (Wildman–Crippen LogP) is 2.76. The Morgan fingerprint density at radius 1 is 1.00 bits per heavy atom. The smallest absolute Gasteiger partial charge is 0.307 e. The molecule has 6 nitrogen and oxygen atoms in total. The molecule has 0 N–H and O–H groups in total. The Morgan fingerprint density at radius 2 is 1.70 bits per heavy atom. The Morgan fingerprint density at radius 3 is 2.33 bits per heavy atom. The van der Waals surface area contributed by atoms with E-state index in [2.05, 4.69) is 16.7 Å². The number of esters is 1. The number of carbonyl (C=O) groups is 2. The Kier molecular flexibility index (Phi) is 9.28. The highest BCUT2D eigenvalue weighted by Crippen LogP contribution is 2.17. The maximum Gasteiger partial charge on any atom is 0.307 e. The zero-order chi connectivity index (χ0) is 19.5. The quantitative estimate of drug-likeness (QED) is 0.336. The largest absolute Gasteiger partial charge is 0.463 e. The van der Waals surface area contributed by atoms with Gasteiger partial charge in [-0.05, 0) is 37.6 Å². The second-order valence-electron chi connectivity index (χ2n) is 6.87. The van der Waals surface area contributed by atoms with Gasteiger partial charge < -0.3 is 14.4 Å². The van der Waals surface area contributed by atoms with Crippen molar-refractivity contribution in [3.8, 4) is 0 Å². The number of carbonyl (C=O) groups excluding carboxylic acids is 2. The summed E-state index contributed by atoms with van der Waals surface area (Å²) in [5.74, 6) is -0.0675. The number of rotatable bonds is 11. The molecule has 150 valence electrons. The molecule has 0 amide bonds. The van der Waals surface area contributed by atoms with E-state index in [9.17, 15) is 9.59 Å². The molecule has 1 aromatic rings. The number of piperazine rings is 1. The first-order valence-corrected chi connectivity index (χ1v) is 9.92. The van der Waals surface area contributed by atoms with Gasteiger partial charge in [0, 0.05) is 50.6 Å². The topological polar surface area (TPSA) is 59.1 Å². The number of anilines is 1. The molecule has 0 radical (unpaired) electrons. The minimum Gasteiger partial charge on any atom is -0.463 e. The molecule has 0 saturated carbocycles. The van der Waals surface area contributed by atoms with E-state index in [1.165, 1.54) is 0 Å². The highest BCUT2D eigenvalue weighted by atomic mass is 16.6. The van der Waals surface area contributed by atoms with E-state index in [0.29, 0.717) is 19.6 Å². The molecule has 1 aliphatic rings. The van der Waals surface area contributed by atoms with Gasteiger partial charge in [0.1, 0.15) is 6.61 Å². The van der Waals surface area contributed by atoms with Crippen LogP contribution in [0, 0.1) is 0 Å². The van der Waals surface area contributed by atoms with Crippen LogP contribution in [-0.4, -0.2) is 69.2 Å². The Labute approximate surface area is 162 Å². The van der Waals surface area contributed by atoms with Crippen LogP contribution in [0.5, 0.6) is 0 Å². The number of hydrogen-bond acceptors (Lipinski definition) is 6. The minimum absolute atomic E-state index is 0.0887. The van der Waals surface area contributed by atoms with Crippen molar-refractivity contribution >= 4 is 17.4 Å². The van der Waals surface area contributed by atoms with Crippen LogP contribution < -0.4 is 4.90 Å². The number of nitrogens with zero attached hydrogens (tertiary/aromatic N) is 2. The van der Waals surface area contributed by atoms with Crippen molar-refractivity contribution in [3.63, 3.8) is 0 Å². The summed E-state index contributed by atoms with van der Waals surface area (Å²) >= 11 is 0. The molecule has 0 aliphatic carbocycles. The highest BCUT2D eigenvalue weighted by Gasteiger charge is 2.18. The first kappa shape index (κ1) is 21.4. The molecule has 6 heteroatoms. The fourth-order valence-electron chi connectivity index (χ4n) is 3.02. The van der Waals surface area contributed by atoms with Gasteiger partial charge in [-0.3, -0.25) is 14.5 Å². The minimum atomic E-state index is -0.156. The van der Waals surface area contributed by atoms with Crippen LogP contribution in [0.4, 0.5) is 5.69 Å². The number of unbranched alkanes of at least 4 members (excludes halogenated alkanes) is 1. The summed E-state index contributed by atoms with van der Waals surface area (Å²) in [6.45, 7) is 9.65. The maximum absolute atomic E-state index is 11.8. The van der Waals surface area contributed by atoms with E-state index in [4.69, 9.17) is 9.47 Å². The highest BCUT2D eigenvalue weighted by molar-refractivity contribution is 5.94. The third-order valence-electron chi connectivity index (χ3n) is 4.78. The summed E-state index contributed by atoms with van der Waals surface area (Å²) in [7, 11) is 0. The van der Waals surface area contributed by atoms with Gasteiger partial charge in [0.05, 0.1) is 13.0 Å². The summed E-state index contributed by atoms with van der Waals surface area (Å²) in [5.41, 5.74) is 1.88. The van der Waals surface area contributed by atoms with Crippen molar-refractivity contribution in [2.45, 2.75) is 33.1 Å². The molecular formula is C21H32N2O4. The van der Waals surface area contributed by atoms with E-state index in [0.717, 1.165) is 63.4 Å². The van der Waals surface area contributed by atoms with Gasteiger partial charge >= 0.3 is 5.97 Å². The molecule has 0 aromatic heterocycles. The third-order valence-corrected chi connectivity index (χ3v) is 4.78. The molecule has 27 heavy (non-hydrogen) atoms. The van der Waals surface area contributed by atoms with Crippen LogP contribution in [0.3, 0.4) is 0 Å². The van der Waals surface area contributed by atoms with Crippen LogP contribution in [0.1, 0.15) is 43.5 Å². The number of ether oxygens (including phenoxy) is 2. The Hall–Kier alpha value is -1.92. The van der Waals surface area contributed by atoms with Gasteiger partial charge in [0.2, 0.25) is 0 Å². The van der Waals surface area contributed by atoms with Crippen LogP contribution >= 0.6 is 0 Å². The molecule has 1 saturated heterocycles. The lowest BCUT2D eigenvalue weighted by molar-refractivity contribution is -0.145. The molecule has 1 heterocycles. The Bertz CT molecular complexity index is 580. The van der Waals surface area contributed by atoms with Crippen molar-refractivity contribution in [2.24, 2.45) is 0 Å². The number of ketones is 1. The van der Waals surface area contributed by atoms with E-state index in [-0.39, 0.29) is 11.8 Å². The lowest BCUT2D eigenvalue weighted by atomic mass is 10.1. The normalized spacial score (nSPS) is 15.0. The molecule has 0 bridgehead atoms. The summed E-state index contributed by atoms with van der Waals surface area (Å²) < 4.78 is 10.6. The summed E-state index contributed by atoms with van der Waals surface area (Å²) in [5, 5.41) is 0. The average Bonchev–Trinajstić information content (AvgIpc) is 2.69. The van der Waals surface area contributed by atoms with Gasteiger partial charge in [0.25, 0.3) is 0 Å². The van der Waals surface area contributed by atoms with E-state index in [1.807, 2.05) is 24.3 Å². The Balaban J connectivity index is 1.60. The van der Waals surface area contributed by atoms with Crippen LogP contribution in [0.15, 0.2) is 24.3 Å². The fourth-order valence-corrected chi connectivity index (χ4v) is 3.02. The van der Waals surface area contributed by atoms with E-state index >= 15 is 0 Å². The van der Waals surface area contributed by atoms with Crippen LogP contribution in [0.2, 0.25) is 0 Å². The number of hydrogen-bond donors (Lipinski definition) is 0.